The van der Waals surface area contributed by atoms with Crippen LogP contribution in [-0.4, -0.2) is 17.6 Å². The molecule has 0 aliphatic rings. The van der Waals surface area contributed by atoms with Gasteiger partial charge in [0.15, 0.2) is 0 Å². The summed E-state index contributed by atoms with van der Waals surface area (Å²) in [5, 5.41) is 4.80. The van der Waals surface area contributed by atoms with Gasteiger partial charge in [0.25, 0.3) is 10.0 Å². The maximum Gasteiger partial charge on any atom is 0.283 e. The van der Waals surface area contributed by atoms with E-state index in [2.05, 4.69) is 5.10 Å². The monoisotopic (exact) mass is 438 g/mol. The van der Waals surface area contributed by atoms with Gasteiger partial charge < -0.3 is 4.74 Å². The number of hydrogen-bond donors (Lipinski definition) is 0. The molecule has 0 atom stereocenters. The van der Waals surface area contributed by atoms with Crippen LogP contribution in [0.25, 0.3) is 11.1 Å². The van der Waals surface area contributed by atoms with Crippen LogP contribution >= 0.6 is 11.6 Å². The van der Waals surface area contributed by atoms with E-state index < -0.39 is 10.0 Å². The maximum absolute atomic E-state index is 13.1. The number of benzene rings is 3. The van der Waals surface area contributed by atoms with Gasteiger partial charge in [0, 0.05) is 5.02 Å². The first-order valence-corrected chi connectivity index (χ1v) is 11.1. The number of nitrogens with zero attached hydrogens (tertiary/aromatic N) is 2. The van der Waals surface area contributed by atoms with Crippen LogP contribution in [-0.2, 0) is 16.6 Å². The quantitative estimate of drug-likeness (QED) is 0.408. The number of aryl methyl sites for hydroxylation is 1. The SMILES string of the molecule is Cc1ccc(S(=O)(=O)n2cc(-c3cccc(Cl)c3)c(OCc3ccccc3)n2)cc1. The number of rotatable bonds is 6. The van der Waals surface area contributed by atoms with Crippen molar-refractivity contribution in [3.8, 4) is 17.0 Å². The lowest BCUT2D eigenvalue weighted by molar-refractivity contribution is 0.293. The van der Waals surface area contributed by atoms with Crippen molar-refractivity contribution in [1.29, 1.82) is 0 Å². The molecule has 3 aromatic carbocycles. The molecule has 0 saturated carbocycles. The van der Waals surface area contributed by atoms with Gasteiger partial charge in [-0.15, -0.1) is 5.10 Å². The number of hydrogen-bond acceptors (Lipinski definition) is 4. The van der Waals surface area contributed by atoms with Crippen LogP contribution in [0.3, 0.4) is 0 Å². The second kappa shape index (κ2) is 8.34. The third kappa shape index (κ3) is 4.25. The van der Waals surface area contributed by atoms with Gasteiger partial charge in [-0.3, -0.25) is 0 Å². The summed E-state index contributed by atoms with van der Waals surface area (Å²) in [5.74, 6) is 0.219. The third-order valence-electron chi connectivity index (χ3n) is 4.58. The van der Waals surface area contributed by atoms with Crippen molar-refractivity contribution in [2.45, 2.75) is 18.4 Å². The van der Waals surface area contributed by atoms with E-state index >= 15 is 0 Å². The summed E-state index contributed by atoms with van der Waals surface area (Å²) in [7, 11) is -3.87. The molecule has 0 aliphatic heterocycles. The molecule has 0 radical (unpaired) electrons. The molecule has 7 heteroatoms. The Labute approximate surface area is 180 Å². The van der Waals surface area contributed by atoms with Gasteiger partial charge in [-0.05, 0) is 42.3 Å². The van der Waals surface area contributed by atoms with Crippen LogP contribution < -0.4 is 4.74 Å². The fraction of sp³-hybridized carbons (Fsp3) is 0.0870. The Kier molecular flexibility index (Phi) is 5.61. The molecule has 0 amide bonds. The summed E-state index contributed by atoms with van der Waals surface area (Å²) in [6.45, 7) is 2.16. The zero-order valence-corrected chi connectivity index (χ0v) is 17.8. The maximum atomic E-state index is 13.1. The van der Waals surface area contributed by atoms with Crippen molar-refractivity contribution >= 4 is 21.6 Å². The Morgan fingerprint density at radius 3 is 2.40 bits per heavy atom. The third-order valence-corrected chi connectivity index (χ3v) is 6.36. The minimum Gasteiger partial charge on any atom is -0.471 e. The first-order chi connectivity index (χ1) is 14.4. The highest BCUT2D eigenvalue weighted by Gasteiger charge is 2.22. The molecule has 0 saturated heterocycles. The van der Waals surface area contributed by atoms with Gasteiger partial charge in [-0.25, -0.2) is 0 Å². The Morgan fingerprint density at radius 2 is 1.70 bits per heavy atom. The molecule has 0 N–H and O–H groups in total. The standard InChI is InChI=1S/C23H19ClN2O3S/c1-17-10-12-21(13-11-17)30(27,28)26-15-22(19-8-5-9-20(24)14-19)23(25-26)29-16-18-6-3-2-4-7-18/h2-15H,16H2,1H3. The molecular formula is C23H19ClN2O3S. The largest absolute Gasteiger partial charge is 0.471 e. The first-order valence-electron chi connectivity index (χ1n) is 9.28. The van der Waals surface area contributed by atoms with Crippen LogP contribution in [0.4, 0.5) is 0 Å². The molecule has 0 spiro atoms. The van der Waals surface area contributed by atoms with E-state index in [1.165, 1.54) is 6.20 Å². The van der Waals surface area contributed by atoms with E-state index in [1.54, 1.807) is 42.5 Å². The molecule has 152 valence electrons. The van der Waals surface area contributed by atoms with Gasteiger partial charge in [-0.2, -0.15) is 12.5 Å². The van der Waals surface area contributed by atoms with Gasteiger partial charge in [0.1, 0.15) is 6.61 Å². The van der Waals surface area contributed by atoms with Crippen LogP contribution in [0.15, 0.2) is 90.0 Å². The van der Waals surface area contributed by atoms with Crippen molar-refractivity contribution in [2.24, 2.45) is 0 Å². The van der Waals surface area contributed by atoms with E-state index in [1.807, 2.05) is 43.3 Å². The molecule has 0 aliphatic carbocycles. The lowest BCUT2D eigenvalue weighted by atomic mass is 10.1. The molecule has 1 aromatic heterocycles. The average molecular weight is 439 g/mol. The Morgan fingerprint density at radius 1 is 0.967 bits per heavy atom. The van der Waals surface area contributed by atoms with Crippen LogP contribution in [0.1, 0.15) is 11.1 Å². The predicted octanol–water partition coefficient (Wildman–Crippen LogP) is 5.33. The van der Waals surface area contributed by atoms with Gasteiger partial charge in [0.2, 0.25) is 5.88 Å². The van der Waals surface area contributed by atoms with E-state index in [9.17, 15) is 8.42 Å². The van der Waals surface area contributed by atoms with Gasteiger partial charge >= 0.3 is 0 Å². The summed E-state index contributed by atoms with van der Waals surface area (Å²) in [5.41, 5.74) is 3.19. The molecule has 0 bridgehead atoms. The van der Waals surface area contributed by atoms with Crippen molar-refractivity contribution in [3.63, 3.8) is 0 Å². The number of halogens is 1. The topological polar surface area (TPSA) is 61.2 Å². The van der Waals surface area contributed by atoms with E-state index in [0.717, 1.165) is 20.8 Å². The Balaban J connectivity index is 1.76. The van der Waals surface area contributed by atoms with Gasteiger partial charge in [-0.1, -0.05) is 71.8 Å². The van der Waals surface area contributed by atoms with Crippen molar-refractivity contribution < 1.29 is 13.2 Å². The Hall–Kier alpha value is -3.09. The molecule has 30 heavy (non-hydrogen) atoms. The minimum atomic E-state index is -3.87. The minimum absolute atomic E-state index is 0.155. The number of ether oxygens (including phenoxy) is 1. The first kappa shape index (κ1) is 20.2. The van der Waals surface area contributed by atoms with Crippen LogP contribution in [0.2, 0.25) is 5.02 Å². The molecule has 4 rings (SSSR count). The van der Waals surface area contributed by atoms with E-state index in [0.29, 0.717) is 10.6 Å². The highest BCUT2D eigenvalue weighted by Crippen LogP contribution is 2.32. The zero-order chi connectivity index (χ0) is 21.1. The second-order valence-corrected chi connectivity index (χ2v) is 9.06. The lowest BCUT2D eigenvalue weighted by Crippen LogP contribution is -2.13. The fourth-order valence-corrected chi connectivity index (χ4v) is 4.28. The molecule has 1 heterocycles. The summed E-state index contributed by atoms with van der Waals surface area (Å²) in [6.07, 6.45) is 1.46. The highest BCUT2D eigenvalue weighted by atomic mass is 35.5. The molecule has 4 aromatic rings. The summed E-state index contributed by atoms with van der Waals surface area (Å²) in [4.78, 5) is 0.155. The van der Waals surface area contributed by atoms with E-state index in [4.69, 9.17) is 16.3 Å². The zero-order valence-electron chi connectivity index (χ0n) is 16.2. The van der Waals surface area contributed by atoms with Crippen LogP contribution in [0.5, 0.6) is 5.88 Å². The van der Waals surface area contributed by atoms with E-state index in [-0.39, 0.29) is 17.4 Å². The van der Waals surface area contributed by atoms with Crippen molar-refractivity contribution in [3.05, 3.63) is 101 Å². The molecule has 0 fully saturated rings. The molecular weight excluding hydrogens is 420 g/mol. The summed E-state index contributed by atoms with van der Waals surface area (Å²) >= 11 is 6.14. The predicted molar refractivity (Wildman–Crippen MR) is 117 cm³/mol. The fourth-order valence-electron chi connectivity index (χ4n) is 2.97. The summed E-state index contributed by atoms with van der Waals surface area (Å²) < 4.78 is 33.1. The summed E-state index contributed by atoms with van der Waals surface area (Å²) in [6, 6.07) is 23.4. The van der Waals surface area contributed by atoms with Crippen molar-refractivity contribution in [1.82, 2.24) is 9.19 Å². The normalized spacial score (nSPS) is 11.4. The second-order valence-electron chi connectivity index (χ2n) is 6.82. The highest BCUT2D eigenvalue weighted by molar-refractivity contribution is 7.89. The number of aromatic nitrogens is 2. The lowest BCUT2D eigenvalue weighted by Gasteiger charge is -2.06. The Bertz CT molecular complexity index is 1270. The van der Waals surface area contributed by atoms with Crippen molar-refractivity contribution in [2.75, 3.05) is 0 Å². The smallest absolute Gasteiger partial charge is 0.283 e. The molecule has 5 nitrogen and oxygen atoms in total. The average Bonchev–Trinajstić information content (AvgIpc) is 3.19. The molecule has 0 unspecified atom stereocenters. The van der Waals surface area contributed by atoms with Crippen LogP contribution in [0, 0.1) is 6.92 Å². The van der Waals surface area contributed by atoms with Gasteiger partial charge in [0.05, 0.1) is 16.7 Å².